The van der Waals surface area contributed by atoms with Gasteiger partial charge in [-0.1, -0.05) is 27.7 Å². The standard InChI is InChI=1S/C18H22N6O2.C16H18N6O2.Li.H2O/c1-5-26-15(25)10-24-9-14(8-20-24)17-16(12(2)3)13(4)21-18(22-17)23-7-6-19-11-23;1-10(2)14-11(3)19-16(21-5-4-17-9-21)20-15(14)12-6-18-22(7-12)8-13(23)24;;/h6-9,11-12H,5,10H2,1-4H3;4-7,9-10H,8H2,1-3H3,(H,23,24);;1H2/q;;+1;/p-1. The normalized spacial score (nSPS) is 10.7. The van der Waals surface area contributed by atoms with Crippen LogP contribution in [0.3, 0.4) is 0 Å². The van der Waals surface area contributed by atoms with Crippen LogP contribution in [0.4, 0.5) is 0 Å². The largest absolute Gasteiger partial charge is 1.00 e. The Hall–Kier alpha value is -5.50. The Bertz CT molecular complexity index is 2070. The van der Waals surface area contributed by atoms with Gasteiger partial charge in [-0.2, -0.15) is 10.2 Å². The number of aliphatic carboxylic acids is 1. The van der Waals surface area contributed by atoms with Crippen LogP contribution in [-0.2, 0) is 27.4 Å². The molecule has 6 aromatic heterocycles. The molecule has 268 valence electrons. The topological polar surface area (TPSA) is 216 Å². The molecule has 18 heteroatoms. The molecule has 6 heterocycles. The summed E-state index contributed by atoms with van der Waals surface area (Å²) in [5, 5.41) is 17.3. The molecule has 0 atom stereocenters. The number of carboxylic acid groups (broad SMARTS) is 1. The van der Waals surface area contributed by atoms with Gasteiger partial charge in [0.1, 0.15) is 25.7 Å². The van der Waals surface area contributed by atoms with Crippen LogP contribution in [0.15, 0.2) is 62.2 Å². The zero-order chi connectivity index (χ0) is 35.9. The van der Waals surface area contributed by atoms with Crippen molar-refractivity contribution in [2.75, 3.05) is 6.61 Å². The smallest absolute Gasteiger partial charge is 0.870 e. The number of aromatic nitrogens is 12. The van der Waals surface area contributed by atoms with E-state index in [4.69, 9.17) is 14.8 Å². The predicted octanol–water partition coefficient (Wildman–Crippen LogP) is 1.39. The van der Waals surface area contributed by atoms with Crippen molar-refractivity contribution in [2.45, 2.75) is 73.4 Å². The van der Waals surface area contributed by atoms with Crippen molar-refractivity contribution in [3.63, 3.8) is 0 Å². The van der Waals surface area contributed by atoms with Gasteiger partial charge in [-0.05, 0) is 32.6 Å². The number of carbonyl (C=O) groups is 2. The van der Waals surface area contributed by atoms with Crippen LogP contribution in [0.2, 0.25) is 0 Å². The zero-order valence-electron chi connectivity index (χ0n) is 30.5. The van der Waals surface area contributed by atoms with Gasteiger partial charge < -0.3 is 15.3 Å². The van der Waals surface area contributed by atoms with Gasteiger partial charge in [-0.15, -0.1) is 0 Å². The minimum absolute atomic E-state index is 0. The summed E-state index contributed by atoms with van der Waals surface area (Å²) >= 11 is 0. The van der Waals surface area contributed by atoms with Crippen LogP contribution >= 0.6 is 0 Å². The van der Waals surface area contributed by atoms with Crippen LogP contribution in [0.25, 0.3) is 34.4 Å². The molecule has 0 aliphatic rings. The number of nitrogens with zero attached hydrogens (tertiary/aromatic N) is 12. The van der Waals surface area contributed by atoms with E-state index in [2.05, 4.69) is 62.8 Å². The van der Waals surface area contributed by atoms with E-state index in [9.17, 15) is 9.59 Å². The van der Waals surface area contributed by atoms with E-state index < -0.39 is 5.97 Å². The zero-order valence-corrected chi connectivity index (χ0v) is 30.5. The van der Waals surface area contributed by atoms with E-state index in [-0.39, 0.29) is 55.2 Å². The molecule has 0 fully saturated rings. The molecule has 0 bridgehead atoms. The third kappa shape index (κ3) is 9.63. The fraction of sp³-hybridized carbons (Fsp3) is 0.353. The first-order chi connectivity index (χ1) is 23.9. The van der Waals surface area contributed by atoms with Crippen molar-refractivity contribution in [1.82, 2.24) is 58.6 Å². The molecule has 0 spiro atoms. The molecule has 17 nitrogen and oxygen atoms in total. The number of carbonyl (C=O) groups excluding carboxylic acids is 1. The molecule has 0 aliphatic heterocycles. The van der Waals surface area contributed by atoms with Crippen molar-refractivity contribution in [3.8, 4) is 34.4 Å². The summed E-state index contributed by atoms with van der Waals surface area (Å²) in [6.07, 6.45) is 17.1. The van der Waals surface area contributed by atoms with Gasteiger partial charge in [0.25, 0.3) is 0 Å². The van der Waals surface area contributed by atoms with Crippen molar-refractivity contribution in [1.29, 1.82) is 0 Å². The van der Waals surface area contributed by atoms with E-state index in [1.165, 1.54) is 4.68 Å². The Labute approximate surface area is 312 Å². The predicted molar refractivity (Wildman–Crippen MR) is 185 cm³/mol. The fourth-order valence-electron chi connectivity index (χ4n) is 5.56. The summed E-state index contributed by atoms with van der Waals surface area (Å²) in [6.45, 7) is 14.3. The van der Waals surface area contributed by atoms with Gasteiger partial charge in [0.05, 0.1) is 30.4 Å². The van der Waals surface area contributed by atoms with E-state index in [1.54, 1.807) is 76.8 Å². The number of ether oxygens (including phenoxy) is 1. The number of hydrogen-bond acceptors (Lipinski definition) is 12. The summed E-state index contributed by atoms with van der Waals surface area (Å²) < 4.78 is 11.4. The summed E-state index contributed by atoms with van der Waals surface area (Å²) in [6, 6.07) is 0. The summed E-state index contributed by atoms with van der Waals surface area (Å²) in [7, 11) is 0. The minimum Gasteiger partial charge on any atom is -0.870 e. The molecule has 6 aromatic rings. The number of carboxylic acids is 1. The van der Waals surface area contributed by atoms with Crippen molar-refractivity contribution in [3.05, 3.63) is 84.7 Å². The number of esters is 1. The third-order valence-corrected chi connectivity index (χ3v) is 7.58. The molecule has 52 heavy (non-hydrogen) atoms. The van der Waals surface area contributed by atoms with Crippen molar-refractivity contribution in [2.24, 2.45) is 0 Å². The van der Waals surface area contributed by atoms with Gasteiger partial charge in [-0.25, -0.2) is 29.9 Å². The molecular weight excluding hydrogens is 663 g/mol. The Kier molecular flexibility index (Phi) is 14.3. The SMILES string of the molecule is CCOC(=O)Cn1cc(-c2nc(-n3ccnc3)nc(C)c2C(C)C)cn1.Cc1nc(-n2ccnc2)nc(-c2cnn(CC(=O)O)c2)c1C(C)C.[Li+].[OH-]. The second-order valence-electron chi connectivity index (χ2n) is 12.0. The summed E-state index contributed by atoms with van der Waals surface area (Å²) in [5.41, 5.74) is 7.05. The average Bonchev–Trinajstić information content (AvgIpc) is 3.88. The average molecular weight is 705 g/mol. The Morgan fingerprint density at radius 2 is 1.19 bits per heavy atom. The first kappa shape index (κ1) is 40.9. The van der Waals surface area contributed by atoms with Gasteiger partial charge in [0, 0.05) is 70.8 Å². The third-order valence-electron chi connectivity index (χ3n) is 7.58. The molecular formula is C34H41LiN12O5. The minimum atomic E-state index is -0.938. The van der Waals surface area contributed by atoms with Gasteiger partial charge >= 0.3 is 30.8 Å². The molecule has 0 aromatic carbocycles. The summed E-state index contributed by atoms with van der Waals surface area (Å²) in [4.78, 5) is 49.2. The molecule has 0 aliphatic carbocycles. The monoisotopic (exact) mass is 704 g/mol. The van der Waals surface area contributed by atoms with Gasteiger partial charge in [0.2, 0.25) is 11.9 Å². The Morgan fingerprint density at radius 3 is 1.56 bits per heavy atom. The second-order valence-corrected chi connectivity index (χ2v) is 12.0. The molecule has 0 saturated heterocycles. The first-order valence-corrected chi connectivity index (χ1v) is 16.1. The van der Waals surface area contributed by atoms with Crippen molar-refractivity contribution < 1.29 is 43.8 Å². The molecule has 6 rings (SSSR count). The van der Waals surface area contributed by atoms with Crippen LogP contribution in [0, 0.1) is 13.8 Å². The summed E-state index contributed by atoms with van der Waals surface area (Å²) in [5.74, 6) is 0.291. The fourth-order valence-corrected chi connectivity index (χ4v) is 5.56. The van der Waals surface area contributed by atoms with E-state index in [1.807, 2.05) is 20.0 Å². The Balaban J connectivity index is 0.000000271. The van der Waals surface area contributed by atoms with Gasteiger partial charge in [0.15, 0.2) is 0 Å². The molecule has 0 radical (unpaired) electrons. The molecule has 0 saturated carbocycles. The van der Waals surface area contributed by atoms with E-state index >= 15 is 0 Å². The number of aryl methyl sites for hydroxylation is 2. The second kappa shape index (κ2) is 18.1. The maximum atomic E-state index is 11.7. The first-order valence-electron chi connectivity index (χ1n) is 16.1. The molecule has 2 N–H and O–H groups in total. The van der Waals surface area contributed by atoms with E-state index in [0.29, 0.717) is 18.5 Å². The molecule has 0 unspecified atom stereocenters. The van der Waals surface area contributed by atoms with Crippen LogP contribution in [-0.4, -0.2) is 87.7 Å². The number of hydrogen-bond donors (Lipinski definition) is 1. The van der Waals surface area contributed by atoms with Crippen LogP contribution in [0.5, 0.6) is 0 Å². The number of imidazole rings is 2. The molecule has 0 amide bonds. The quantitative estimate of drug-likeness (QED) is 0.149. The van der Waals surface area contributed by atoms with Crippen LogP contribution in [0.1, 0.15) is 69.0 Å². The number of rotatable bonds is 11. The van der Waals surface area contributed by atoms with E-state index in [0.717, 1.165) is 45.0 Å². The maximum absolute atomic E-state index is 11.7. The van der Waals surface area contributed by atoms with Gasteiger partial charge in [-0.3, -0.25) is 28.1 Å². The van der Waals surface area contributed by atoms with Crippen molar-refractivity contribution >= 4 is 11.9 Å². The maximum Gasteiger partial charge on any atom is 1.00 e. The van der Waals surface area contributed by atoms with Crippen LogP contribution < -0.4 is 18.9 Å². The Morgan fingerprint density at radius 1 is 0.750 bits per heavy atom.